The first kappa shape index (κ1) is 13.5. The quantitative estimate of drug-likeness (QED) is 0.622. The Morgan fingerprint density at radius 3 is 2.65 bits per heavy atom. The number of hydrogen-bond acceptors (Lipinski definition) is 4. The molecule has 17 heavy (non-hydrogen) atoms. The van der Waals surface area contributed by atoms with Crippen molar-refractivity contribution in [1.29, 1.82) is 0 Å². The average Bonchev–Trinajstić information content (AvgIpc) is 2.58. The van der Waals surface area contributed by atoms with Gasteiger partial charge in [-0.25, -0.2) is 0 Å². The van der Waals surface area contributed by atoms with E-state index in [0.29, 0.717) is 13.2 Å². The topological polar surface area (TPSA) is 66.9 Å². The normalized spacial score (nSPS) is 19.4. The predicted octanol–water partition coefficient (Wildman–Crippen LogP) is -0.514. The zero-order chi connectivity index (χ0) is 13.0. The fraction of sp³-hybridized carbons (Fsp3) is 0.727. The Kier molecular flexibility index (Phi) is 4.48. The summed E-state index contributed by atoms with van der Waals surface area (Å²) >= 11 is 0. The number of carbonyl (C=O) groups excluding carboxylic acids is 3. The van der Waals surface area contributed by atoms with Crippen LogP contribution in [0.2, 0.25) is 0 Å². The van der Waals surface area contributed by atoms with Crippen molar-refractivity contribution < 1.29 is 19.1 Å². The summed E-state index contributed by atoms with van der Waals surface area (Å²) in [4.78, 5) is 37.3. The molecule has 1 heterocycles. The summed E-state index contributed by atoms with van der Waals surface area (Å²) in [5.74, 6) is -0.989. The Bertz CT molecular complexity index is 329. The predicted molar refractivity (Wildman–Crippen MR) is 60.0 cm³/mol. The Balaban J connectivity index is 2.47. The lowest BCUT2D eigenvalue weighted by Gasteiger charge is -2.19. The minimum Gasteiger partial charge on any atom is -0.465 e. The van der Waals surface area contributed by atoms with Crippen LogP contribution in [-0.2, 0) is 19.1 Å². The van der Waals surface area contributed by atoms with Gasteiger partial charge in [0.05, 0.1) is 12.5 Å². The van der Waals surface area contributed by atoms with Gasteiger partial charge in [0.25, 0.3) is 0 Å². The van der Waals surface area contributed by atoms with Crippen molar-refractivity contribution in [1.82, 2.24) is 9.80 Å². The molecule has 6 nitrogen and oxygen atoms in total. The third kappa shape index (κ3) is 3.44. The lowest BCUT2D eigenvalue weighted by Crippen LogP contribution is -2.38. The first-order chi connectivity index (χ1) is 7.95. The van der Waals surface area contributed by atoms with Crippen LogP contribution in [-0.4, -0.2) is 61.4 Å². The van der Waals surface area contributed by atoms with E-state index >= 15 is 0 Å². The molecule has 0 spiro atoms. The fourth-order valence-electron chi connectivity index (χ4n) is 1.82. The summed E-state index contributed by atoms with van der Waals surface area (Å²) in [6, 6.07) is 0. The standard InChI is InChI=1S/C11H18N2O4/c1-4-17-10(15)7-13(3)11(16)8-5-9(14)12(2)6-8/h8H,4-7H2,1-3H3. The molecule has 96 valence electrons. The highest BCUT2D eigenvalue weighted by molar-refractivity contribution is 5.90. The van der Waals surface area contributed by atoms with Crippen molar-refractivity contribution in [2.75, 3.05) is 33.8 Å². The summed E-state index contributed by atoms with van der Waals surface area (Å²) in [6.45, 7) is 2.36. The minimum absolute atomic E-state index is 0.0344. The van der Waals surface area contributed by atoms with Gasteiger partial charge in [-0.2, -0.15) is 0 Å². The second-order valence-corrected chi connectivity index (χ2v) is 4.17. The van der Waals surface area contributed by atoms with Gasteiger partial charge in [0, 0.05) is 27.1 Å². The SMILES string of the molecule is CCOC(=O)CN(C)C(=O)C1CC(=O)N(C)C1. The first-order valence-electron chi connectivity index (χ1n) is 5.60. The van der Waals surface area contributed by atoms with Crippen LogP contribution in [0.1, 0.15) is 13.3 Å². The smallest absolute Gasteiger partial charge is 0.325 e. The maximum Gasteiger partial charge on any atom is 0.325 e. The van der Waals surface area contributed by atoms with Gasteiger partial charge in [-0.3, -0.25) is 14.4 Å². The molecule has 1 aliphatic heterocycles. The van der Waals surface area contributed by atoms with E-state index in [1.807, 2.05) is 0 Å². The summed E-state index contributed by atoms with van der Waals surface area (Å²) in [5.41, 5.74) is 0. The summed E-state index contributed by atoms with van der Waals surface area (Å²) in [5, 5.41) is 0. The van der Waals surface area contributed by atoms with E-state index in [9.17, 15) is 14.4 Å². The Morgan fingerprint density at radius 2 is 2.18 bits per heavy atom. The van der Waals surface area contributed by atoms with E-state index in [-0.39, 0.29) is 30.7 Å². The molecule has 1 fully saturated rings. The van der Waals surface area contributed by atoms with Gasteiger partial charge in [-0.05, 0) is 6.92 Å². The molecule has 0 bridgehead atoms. The zero-order valence-corrected chi connectivity index (χ0v) is 10.4. The number of amides is 2. The number of carbonyl (C=O) groups is 3. The van der Waals surface area contributed by atoms with Crippen LogP contribution in [0.15, 0.2) is 0 Å². The van der Waals surface area contributed by atoms with E-state index in [1.165, 1.54) is 9.80 Å². The third-order valence-corrected chi connectivity index (χ3v) is 2.74. The molecule has 0 aromatic heterocycles. The molecule has 0 aliphatic carbocycles. The van der Waals surface area contributed by atoms with E-state index in [0.717, 1.165) is 0 Å². The molecule has 1 atom stereocenters. The molecule has 0 N–H and O–H groups in total. The minimum atomic E-state index is -0.430. The van der Waals surface area contributed by atoms with Crippen LogP contribution in [0.3, 0.4) is 0 Å². The fourth-order valence-corrected chi connectivity index (χ4v) is 1.82. The number of likely N-dealkylation sites (tertiary alicyclic amines) is 1. The largest absolute Gasteiger partial charge is 0.465 e. The Morgan fingerprint density at radius 1 is 1.53 bits per heavy atom. The van der Waals surface area contributed by atoms with Gasteiger partial charge in [-0.1, -0.05) is 0 Å². The van der Waals surface area contributed by atoms with Crippen LogP contribution >= 0.6 is 0 Å². The van der Waals surface area contributed by atoms with E-state index in [2.05, 4.69) is 0 Å². The number of likely N-dealkylation sites (N-methyl/N-ethyl adjacent to an activating group) is 1. The molecule has 0 aromatic rings. The Hall–Kier alpha value is -1.59. The molecular weight excluding hydrogens is 224 g/mol. The molecule has 1 aliphatic rings. The van der Waals surface area contributed by atoms with Crippen molar-refractivity contribution in [3.8, 4) is 0 Å². The number of ether oxygens (including phenoxy) is 1. The van der Waals surface area contributed by atoms with Crippen LogP contribution in [0.4, 0.5) is 0 Å². The number of nitrogens with zero attached hydrogens (tertiary/aromatic N) is 2. The van der Waals surface area contributed by atoms with Crippen molar-refractivity contribution >= 4 is 17.8 Å². The number of hydrogen-bond donors (Lipinski definition) is 0. The molecule has 1 unspecified atom stereocenters. The van der Waals surface area contributed by atoms with Crippen molar-refractivity contribution in [2.45, 2.75) is 13.3 Å². The van der Waals surface area contributed by atoms with Gasteiger partial charge in [0.15, 0.2) is 0 Å². The molecule has 6 heteroatoms. The average molecular weight is 242 g/mol. The van der Waals surface area contributed by atoms with E-state index in [4.69, 9.17) is 4.74 Å². The second-order valence-electron chi connectivity index (χ2n) is 4.17. The first-order valence-corrected chi connectivity index (χ1v) is 5.60. The molecular formula is C11H18N2O4. The summed E-state index contributed by atoms with van der Waals surface area (Å²) in [6.07, 6.45) is 0.225. The molecule has 1 rings (SSSR count). The highest BCUT2D eigenvalue weighted by Crippen LogP contribution is 2.17. The van der Waals surface area contributed by atoms with Gasteiger partial charge in [-0.15, -0.1) is 0 Å². The van der Waals surface area contributed by atoms with Gasteiger partial charge < -0.3 is 14.5 Å². The molecule has 0 radical (unpaired) electrons. The summed E-state index contributed by atoms with van der Waals surface area (Å²) in [7, 11) is 3.21. The second kappa shape index (κ2) is 5.65. The van der Waals surface area contributed by atoms with Gasteiger partial charge in [0.2, 0.25) is 11.8 Å². The number of esters is 1. The van der Waals surface area contributed by atoms with Crippen molar-refractivity contribution in [3.05, 3.63) is 0 Å². The molecule has 0 saturated carbocycles. The highest BCUT2D eigenvalue weighted by atomic mass is 16.5. The van der Waals surface area contributed by atoms with Crippen LogP contribution in [0, 0.1) is 5.92 Å². The van der Waals surface area contributed by atoms with Crippen molar-refractivity contribution in [2.24, 2.45) is 5.92 Å². The van der Waals surface area contributed by atoms with Crippen molar-refractivity contribution in [3.63, 3.8) is 0 Å². The van der Waals surface area contributed by atoms with E-state index < -0.39 is 5.97 Å². The zero-order valence-electron chi connectivity index (χ0n) is 10.4. The number of rotatable bonds is 4. The lowest BCUT2D eigenvalue weighted by atomic mass is 10.1. The Labute approximate surface area is 101 Å². The molecule has 1 saturated heterocycles. The molecule has 2 amide bonds. The van der Waals surface area contributed by atoms with Gasteiger partial charge >= 0.3 is 5.97 Å². The summed E-state index contributed by atoms with van der Waals surface area (Å²) < 4.78 is 4.76. The maximum absolute atomic E-state index is 11.9. The van der Waals surface area contributed by atoms with Crippen LogP contribution < -0.4 is 0 Å². The highest BCUT2D eigenvalue weighted by Gasteiger charge is 2.34. The monoisotopic (exact) mass is 242 g/mol. The third-order valence-electron chi connectivity index (χ3n) is 2.74. The maximum atomic E-state index is 11.9. The van der Waals surface area contributed by atoms with Crippen LogP contribution in [0.25, 0.3) is 0 Å². The van der Waals surface area contributed by atoms with Gasteiger partial charge in [0.1, 0.15) is 6.54 Å². The van der Waals surface area contributed by atoms with Crippen LogP contribution in [0.5, 0.6) is 0 Å². The molecule has 0 aromatic carbocycles. The lowest BCUT2D eigenvalue weighted by molar-refractivity contribution is -0.149. The van der Waals surface area contributed by atoms with E-state index in [1.54, 1.807) is 21.0 Å².